The Kier molecular flexibility index (Phi) is 3.41. The molecule has 0 unspecified atom stereocenters. The molecule has 144 valence electrons. The Hall–Kier alpha value is -2.43. The maximum atomic E-state index is 13.1. The van der Waals surface area contributed by atoms with E-state index < -0.39 is 0 Å². The minimum atomic E-state index is -0.325. The second kappa shape index (κ2) is 5.79. The molecule has 2 bridgehead atoms. The maximum Gasteiger partial charge on any atom is 0.338 e. The molecule has 2 amide bonds. The van der Waals surface area contributed by atoms with Crippen LogP contribution in [-0.2, 0) is 14.3 Å². The molecule has 1 saturated heterocycles. The smallest absolute Gasteiger partial charge is 0.338 e. The molecule has 1 aromatic rings. The quantitative estimate of drug-likeness (QED) is 0.460. The predicted molar refractivity (Wildman–Crippen MR) is 101 cm³/mol. The summed E-state index contributed by atoms with van der Waals surface area (Å²) in [6.45, 7) is 0. The Morgan fingerprint density at radius 3 is 2.04 bits per heavy atom. The van der Waals surface area contributed by atoms with Crippen LogP contribution in [0.5, 0.6) is 0 Å². The molecule has 6 atom stereocenters. The van der Waals surface area contributed by atoms with E-state index in [1.54, 1.807) is 24.3 Å². The van der Waals surface area contributed by atoms with Crippen LogP contribution in [0.15, 0.2) is 36.4 Å². The highest BCUT2D eigenvalue weighted by molar-refractivity contribution is 6.22. The zero-order valence-electron chi connectivity index (χ0n) is 15.6. The highest BCUT2D eigenvalue weighted by atomic mass is 16.5. The summed E-state index contributed by atoms with van der Waals surface area (Å²) >= 11 is 0. The number of nitrogens with zero attached hydrogens (tertiary/aromatic N) is 1. The van der Waals surface area contributed by atoms with Gasteiger partial charge in [-0.2, -0.15) is 0 Å². The molecule has 0 spiro atoms. The lowest BCUT2D eigenvalue weighted by molar-refractivity contribution is -0.124. The van der Waals surface area contributed by atoms with Crippen LogP contribution in [-0.4, -0.2) is 23.9 Å². The van der Waals surface area contributed by atoms with E-state index in [4.69, 9.17) is 4.74 Å². The Morgan fingerprint density at radius 2 is 1.46 bits per heavy atom. The molecule has 5 aliphatic carbocycles. The average Bonchev–Trinajstić information content (AvgIpc) is 3.32. The summed E-state index contributed by atoms with van der Waals surface area (Å²) in [6.07, 6.45) is 9.62. The van der Waals surface area contributed by atoms with Crippen LogP contribution >= 0.6 is 0 Å². The molecule has 5 heteroatoms. The van der Waals surface area contributed by atoms with Crippen LogP contribution in [0.1, 0.15) is 42.5 Å². The third kappa shape index (κ3) is 2.22. The Labute approximate surface area is 163 Å². The maximum absolute atomic E-state index is 13.1. The fourth-order valence-electron chi connectivity index (χ4n) is 6.18. The van der Waals surface area contributed by atoms with Crippen molar-refractivity contribution in [2.24, 2.45) is 35.5 Å². The number of benzene rings is 1. The third-order valence-electron chi connectivity index (χ3n) is 7.60. The van der Waals surface area contributed by atoms with Gasteiger partial charge in [-0.1, -0.05) is 12.2 Å². The van der Waals surface area contributed by atoms with Crippen molar-refractivity contribution in [1.29, 1.82) is 0 Å². The first-order chi connectivity index (χ1) is 13.6. The minimum absolute atomic E-state index is 0.0199. The van der Waals surface area contributed by atoms with Crippen LogP contribution in [0.25, 0.3) is 0 Å². The third-order valence-corrected chi connectivity index (χ3v) is 7.60. The highest BCUT2D eigenvalue weighted by Crippen LogP contribution is 2.65. The van der Waals surface area contributed by atoms with E-state index in [2.05, 4.69) is 12.2 Å². The van der Waals surface area contributed by atoms with Crippen molar-refractivity contribution < 1.29 is 19.1 Å². The van der Waals surface area contributed by atoms with Gasteiger partial charge in [0, 0.05) is 0 Å². The largest absolute Gasteiger partial charge is 0.459 e. The van der Waals surface area contributed by atoms with Gasteiger partial charge < -0.3 is 4.74 Å². The number of hydrogen-bond acceptors (Lipinski definition) is 4. The van der Waals surface area contributed by atoms with Crippen molar-refractivity contribution in [1.82, 2.24) is 0 Å². The summed E-state index contributed by atoms with van der Waals surface area (Å²) in [4.78, 5) is 40.0. The summed E-state index contributed by atoms with van der Waals surface area (Å²) in [7, 11) is 0. The molecule has 0 N–H and O–H groups in total. The van der Waals surface area contributed by atoms with Crippen LogP contribution in [0.4, 0.5) is 5.69 Å². The molecule has 0 aromatic heterocycles. The molecule has 1 aliphatic heterocycles. The van der Waals surface area contributed by atoms with Gasteiger partial charge in [-0.15, -0.1) is 0 Å². The number of imide groups is 1. The Bertz CT molecular complexity index is 862. The molecular formula is C23H23NO4. The first-order valence-corrected chi connectivity index (χ1v) is 10.5. The van der Waals surface area contributed by atoms with Gasteiger partial charge in [-0.05, 0) is 80.0 Å². The monoisotopic (exact) mass is 377 g/mol. The van der Waals surface area contributed by atoms with Crippen LogP contribution in [0.2, 0.25) is 0 Å². The minimum Gasteiger partial charge on any atom is -0.459 e. The lowest BCUT2D eigenvalue weighted by Crippen LogP contribution is -2.40. The molecule has 1 aromatic carbocycles. The fourth-order valence-corrected chi connectivity index (χ4v) is 6.18. The van der Waals surface area contributed by atoms with Gasteiger partial charge in [-0.25, -0.2) is 4.79 Å². The van der Waals surface area contributed by atoms with Gasteiger partial charge in [-0.3, -0.25) is 14.5 Å². The van der Waals surface area contributed by atoms with Crippen LogP contribution < -0.4 is 4.90 Å². The highest BCUT2D eigenvalue weighted by Gasteiger charge is 2.67. The molecular weight excluding hydrogens is 354 g/mol. The molecule has 28 heavy (non-hydrogen) atoms. The molecule has 4 fully saturated rings. The van der Waals surface area contributed by atoms with E-state index in [9.17, 15) is 14.4 Å². The first kappa shape index (κ1) is 16.5. The molecule has 1 heterocycles. The number of carbonyl (C=O) groups excluding carboxylic acids is 3. The lowest BCUT2D eigenvalue weighted by Gasteiger charge is -2.37. The molecule has 6 aliphatic rings. The molecule has 3 saturated carbocycles. The van der Waals surface area contributed by atoms with E-state index >= 15 is 0 Å². The number of ether oxygens (including phenoxy) is 1. The van der Waals surface area contributed by atoms with Crippen molar-refractivity contribution in [2.45, 2.75) is 38.2 Å². The van der Waals surface area contributed by atoms with E-state index in [1.807, 2.05) is 0 Å². The summed E-state index contributed by atoms with van der Waals surface area (Å²) in [6, 6.07) is 6.74. The fraction of sp³-hybridized carbons (Fsp3) is 0.522. The summed E-state index contributed by atoms with van der Waals surface area (Å²) < 4.78 is 5.54. The lowest BCUT2D eigenvalue weighted by atomic mass is 9.63. The summed E-state index contributed by atoms with van der Waals surface area (Å²) in [5.74, 6) is 0.789. The molecule has 7 rings (SSSR count). The molecule has 5 nitrogen and oxygen atoms in total. The summed E-state index contributed by atoms with van der Waals surface area (Å²) in [5.41, 5.74) is 1.03. The van der Waals surface area contributed by atoms with E-state index in [-0.39, 0.29) is 47.6 Å². The normalized spacial score (nSPS) is 37.9. The average molecular weight is 377 g/mol. The van der Waals surface area contributed by atoms with Gasteiger partial charge in [0.15, 0.2) is 0 Å². The SMILES string of the molecule is O=C(OC1CCCC1)c1ccc(N2C(=O)[C@@H]3[C@H]4C=C[C@@H]([C@@H]5C[C@H]45)[C@@H]3C2=O)cc1. The topological polar surface area (TPSA) is 63.7 Å². The van der Waals surface area contributed by atoms with Gasteiger partial charge in [0.1, 0.15) is 6.10 Å². The van der Waals surface area contributed by atoms with Crippen molar-refractivity contribution in [3.63, 3.8) is 0 Å². The number of hydrogen-bond donors (Lipinski definition) is 0. The summed E-state index contributed by atoms with van der Waals surface area (Å²) in [5, 5.41) is 0. The first-order valence-electron chi connectivity index (χ1n) is 10.5. The number of rotatable bonds is 3. The van der Waals surface area contributed by atoms with Crippen LogP contribution in [0, 0.1) is 35.5 Å². The van der Waals surface area contributed by atoms with Gasteiger partial charge >= 0.3 is 5.97 Å². The number of allylic oxidation sites excluding steroid dienone is 2. The zero-order valence-corrected chi connectivity index (χ0v) is 15.6. The number of anilines is 1. The van der Waals surface area contributed by atoms with Crippen molar-refractivity contribution in [3.8, 4) is 0 Å². The van der Waals surface area contributed by atoms with Crippen molar-refractivity contribution in [2.75, 3.05) is 4.90 Å². The number of esters is 1. The van der Waals surface area contributed by atoms with E-state index in [1.165, 1.54) is 4.90 Å². The molecule has 0 radical (unpaired) electrons. The van der Waals surface area contributed by atoms with Crippen molar-refractivity contribution >= 4 is 23.5 Å². The Balaban J connectivity index is 1.23. The zero-order chi connectivity index (χ0) is 19.0. The number of carbonyl (C=O) groups is 3. The van der Waals surface area contributed by atoms with E-state index in [0.29, 0.717) is 23.1 Å². The van der Waals surface area contributed by atoms with Gasteiger partial charge in [0.25, 0.3) is 0 Å². The van der Waals surface area contributed by atoms with E-state index in [0.717, 1.165) is 32.1 Å². The predicted octanol–water partition coefficient (Wildman–Crippen LogP) is 3.34. The van der Waals surface area contributed by atoms with Crippen molar-refractivity contribution in [3.05, 3.63) is 42.0 Å². The van der Waals surface area contributed by atoms with Crippen LogP contribution in [0.3, 0.4) is 0 Å². The second-order valence-electron chi connectivity index (χ2n) is 9.03. The van der Waals surface area contributed by atoms with Gasteiger partial charge in [0.05, 0.1) is 23.1 Å². The standard InChI is InChI=1S/C23H23NO4/c25-21-19-15-9-10-16(18-11-17(15)18)20(19)22(26)24(21)13-7-5-12(6-8-13)23(27)28-14-3-1-2-4-14/h5-10,14-20H,1-4,11H2/t15-,16-,17-,18+,19-,20+/m0/s1. The Morgan fingerprint density at radius 1 is 0.893 bits per heavy atom. The van der Waals surface area contributed by atoms with Gasteiger partial charge in [0.2, 0.25) is 11.8 Å². The second-order valence-corrected chi connectivity index (χ2v) is 9.03. The number of amides is 2.